The number of carbonyl (C=O) groups is 1. The van der Waals surface area contributed by atoms with Crippen molar-refractivity contribution in [2.75, 3.05) is 5.32 Å². The third kappa shape index (κ3) is 4.82. The molecule has 0 radical (unpaired) electrons. The summed E-state index contributed by atoms with van der Waals surface area (Å²) in [6.07, 6.45) is 2.76. The van der Waals surface area contributed by atoms with Crippen LogP contribution in [0.15, 0.2) is 77.2 Å². The number of nitrogens with one attached hydrogen (secondary N) is 1. The zero-order valence-electron chi connectivity index (χ0n) is 18.4. The van der Waals surface area contributed by atoms with Crippen molar-refractivity contribution in [3.8, 4) is 17.7 Å². The van der Waals surface area contributed by atoms with Gasteiger partial charge in [0.05, 0.1) is 0 Å². The number of ether oxygens (including phenoxy) is 1. The number of nitrogens with zero attached hydrogens (tertiary/aromatic N) is 3. The first-order valence-electron chi connectivity index (χ1n) is 10.3. The highest BCUT2D eigenvalue weighted by atomic mass is 35.5. The van der Waals surface area contributed by atoms with Gasteiger partial charge >= 0.3 is 0 Å². The van der Waals surface area contributed by atoms with Crippen molar-refractivity contribution in [2.24, 2.45) is 0 Å². The third-order valence-corrected chi connectivity index (χ3v) is 5.26. The number of amides is 1. The van der Waals surface area contributed by atoms with Crippen molar-refractivity contribution >= 4 is 34.9 Å². The van der Waals surface area contributed by atoms with E-state index in [-0.39, 0.29) is 17.0 Å². The Morgan fingerprint density at radius 2 is 1.91 bits per heavy atom. The normalized spacial score (nSPS) is 11.2. The molecule has 0 aliphatic rings. The smallest absolute Gasteiger partial charge is 0.269 e. The molecule has 1 amide bonds. The molecule has 8 heteroatoms. The second-order valence-corrected chi connectivity index (χ2v) is 8.01. The van der Waals surface area contributed by atoms with Gasteiger partial charge in [0.15, 0.2) is 0 Å². The maximum Gasteiger partial charge on any atom is 0.269 e. The van der Waals surface area contributed by atoms with Crippen molar-refractivity contribution in [1.29, 1.82) is 5.26 Å². The molecule has 0 saturated carbocycles. The minimum atomic E-state index is -0.653. The number of aromatic nitrogens is 2. The summed E-state index contributed by atoms with van der Waals surface area (Å²) >= 11 is 5.95. The van der Waals surface area contributed by atoms with E-state index in [0.717, 1.165) is 11.1 Å². The number of benzene rings is 2. The fraction of sp³-hybridized carbons (Fsp3) is 0.0769. The molecule has 0 aliphatic heterocycles. The van der Waals surface area contributed by atoms with E-state index in [4.69, 9.17) is 16.3 Å². The van der Waals surface area contributed by atoms with Crippen molar-refractivity contribution in [1.82, 2.24) is 9.38 Å². The van der Waals surface area contributed by atoms with E-state index in [0.29, 0.717) is 22.1 Å². The number of aryl methyl sites for hydroxylation is 2. The highest BCUT2D eigenvalue weighted by Crippen LogP contribution is 2.26. The van der Waals surface area contributed by atoms with E-state index in [9.17, 15) is 14.9 Å². The molecule has 4 aromatic rings. The van der Waals surface area contributed by atoms with E-state index in [2.05, 4.69) is 10.3 Å². The Balaban J connectivity index is 1.83. The van der Waals surface area contributed by atoms with Gasteiger partial charge in [0.25, 0.3) is 11.5 Å². The van der Waals surface area contributed by atoms with Crippen LogP contribution in [0.3, 0.4) is 0 Å². The average Bonchev–Trinajstić information content (AvgIpc) is 2.81. The van der Waals surface area contributed by atoms with Gasteiger partial charge in [-0.25, -0.2) is 0 Å². The molecule has 168 valence electrons. The zero-order valence-corrected chi connectivity index (χ0v) is 19.1. The van der Waals surface area contributed by atoms with Gasteiger partial charge < -0.3 is 10.1 Å². The van der Waals surface area contributed by atoms with Crippen LogP contribution >= 0.6 is 11.6 Å². The number of carbonyl (C=O) groups excluding carboxylic acids is 1. The Morgan fingerprint density at radius 3 is 2.62 bits per heavy atom. The first kappa shape index (κ1) is 22.8. The number of pyridine rings is 1. The largest absolute Gasteiger partial charge is 0.438 e. The second kappa shape index (κ2) is 9.61. The first-order chi connectivity index (χ1) is 16.4. The number of fused-ring (bicyclic) bond motifs is 1. The van der Waals surface area contributed by atoms with Crippen LogP contribution in [0.1, 0.15) is 16.7 Å². The molecule has 0 bridgehead atoms. The van der Waals surface area contributed by atoms with Crippen molar-refractivity contribution in [2.45, 2.75) is 13.8 Å². The second-order valence-electron chi connectivity index (χ2n) is 7.57. The number of anilines is 1. The number of hydrogen-bond donors (Lipinski definition) is 1. The molecule has 0 aliphatic carbocycles. The van der Waals surface area contributed by atoms with Crippen LogP contribution in [-0.2, 0) is 4.79 Å². The van der Waals surface area contributed by atoms with Crippen molar-refractivity contribution in [3.63, 3.8) is 0 Å². The third-order valence-electron chi connectivity index (χ3n) is 5.01. The summed E-state index contributed by atoms with van der Waals surface area (Å²) in [5.41, 5.74) is 1.86. The standard InChI is InChI=1S/C26H19ClN4O3/c1-16-5-3-7-20(13-16)29-24(32)18(15-28)14-22-25(34-21-10-8-19(27)9-11-21)30-23-17(2)6-4-12-31(23)26(22)33/h3-14H,1-2H3,(H,29,32)/b18-14-. The van der Waals surface area contributed by atoms with Crippen LogP contribution in [0.2, 0.25) is 5.02 Å². The van der Waals surface area contributed by atoms with Crippen molar-refractivity contribution in [3.05, 3.63) is 105 Å². The average molecular weight is 471 g/mol. The van der Waals surface area contributed by atoms with E-state index in [1.165, 1.54) is 10.5 Å². The van der Waals surface area contributed by atoms with Gasteiger partial charge in [-0.05, 0) is 73.5 Å². The van der Waals surface area contributed by atoms with E-state index < -0.39 is 11.5 Å². The Labute approximate surface area is 200 Å². The quantitative estimate of drug-likeness (QED) is 0.315. The predicted molar refractivity (Wildman–Crippen MR) is 131 cm³/mol. The SMILES string of the molecule is Cc1cccc(NC(=O)/C(C#N)=C\c2c(Oc3ccc(Cl)cc3)nc3c(C)cccn3c2=O)c1. The molecule has 2 heterocycles. The highest BCUT2D eigenvalue weighted by molar-refractivity contribution is 6.30. The summed E-state index contributed by atoms with van der Waals surface area (Å²) in [7, 11) is 0. The van der Waals surface area contributed by atoms with E-state index >= 15 is 0 Å². The fourth-order valence-corrected chi connectivity index (χ4v) is 3.45. The minimum Gasteiger partial charge on any atom is -0.438 e. The maximum atomic E-state index is 13.4. The highest BCUT2D eigenvalue weighted by Gasteiger charge is 2.18. The van der Waals surface area contributed by atoms with E-state index in [1.54, 1.807) is 54.7 Å². The van der Waals surface area contributed by atoms with Crippen LogP contribution in [-0.4, -0.2) is 15.3 Å². The fourth-order valence-electron chi connectivity index (χ4n) is 3.32. The summed E-state index contributed by atoms with van der Waals surface area (Å²) in [6, 6.07) is 19.1. The summed E-state index contributed by atoms with van der Waals surface area (Å²) in [5, 5.41) is 12.9. The number of rotatable bonds is 5. The topological polar surface area (TPSA) is 96.5 Å². The Hall–Kier alpha value is -4.41. The van der Waals surface area contributed by atoms with Gasteiger partial charge in [0.2, 0.25) is 5.88 Å². The lowest BCUT2D eigenvalue weighted by Gasteiger charge is -2.12. The number of hydrogen-bond acceptors (Lipinski definition) is 5. The van der Waals surface area contributed by atoms with Gasteiger partial charge in [-0.1, -0.05) is 29.8 Å². The van der Waals surface area contributed by atoms with E-state index in [1.807, 2.05) is 32.0 Å². The Morgan fingerprint density at radius 1 is 1.15 bits per heavy atom. The molecule has 0 unspecified atom stereocenters. The van der Waals surface area contributed by atoms with Gasteiger partial charge in [-0.2, -0.15) is 10.2 Å². The molecule has 4 rings (SSSR count). The lowest BCUT2D eigenvalue weighted by Crippen LogP contribution is -2.20. The summed E-state index contributed by atoms with van der Waals surface area (Å²) in [6.45, 7) is 3.71. The molecule has 0 fully saturated rings. The molecule has 1 N–H and O–H groups in total. The van der Waals surface area contributed by atoms with Crippen LogP contribution < -0.4 is 15.6 Å². The Kier molecular flexibility index (Phi) is 6.44. The molecule has 2 aromatic carbocycles. The summed E-state index contributed by atoms with van der Waals surface area (Å²) < 4.78 is 7.25. The molecular formula is C26H19ClN4O3. The van der Waals surface area contributed by atoms with Gasteiger partial charge in [-0.15, -0.1) is 0 Å². The van der Waals surface area contributed by atoms with Gasteiger partial charge in [0, 0.05) is 16.9 Å². The van der Waals surface area contributed by atoms with Gasteiger partial charge in [0.1, 0.15) is 28.6 Å². The molecular weight excluding hydrogens is 452 g/mol. The first-order valence-corrected chi connectivity index (χ1v) is 10.7. The molecule has 34 heavy (non-hydrogen) atoms. The predicted octanol–water partition coefficient (Wildman–Crippen LogP) is 5.30. The maximum absolute atomic E-state index is 13.4. The van der Waals surface area contributed by atoms with Crippen LogP contribution in [0.25, 0.3) is 11.7 Å². The summed E-state index contributed by atoms with van der Waals surface area (Å²) in [5.74, 6) is -0.288. The molecule has 0 atom stereocenters. The molecule has 7 nitrogen and oxygen atoms in total. The Bertz CT molecular complexity index is 1530. The minimum absolute atomic E-state index is 0.0299. The van der Waals surface area contributed by atoms with Crippen LogP contribution in [0.4, 0.5) is 5.69 Å². The van der Waals surface area contributed by atoms with Crippen LogP contribution in [0, 0.1) is 25.2 Å². The zero-order chi connectivity index (χ0) is 24.2. The van der Waals surface area contributed by atoms with Gasteiger partial charge in [-0.3, -0.25) is 14.0 Å². The lowest BCUT2D eigenvalue weighted by molar-refractivity contribution is -0.112. The van der Waals surface area contributed by atoms with Crippen LogP contribution in [0.5, 0.6) is 11.6 Å². The lowest BCUT2D eigenvalue weighted by atomic mass is 10.1. The monoisotopic (exact) mass is 470 g/mol. The van der Waals surface area contributed by atoms with Crippen molar-refractivity contribution < 1.29 is 9.53 Å². The summed E-state index contributed by atoms with van der Waals surface area (Å²) in [4.78, 5) is 30.7. The molecule has 0 spiro atoms. The number of nitriles is 1. The molecule has 2 aromatic heterocycles. The number of halogens is 1. The molecule has 0 saturated heterocycles.